The Bertz CT molecular complexity index is 632. The van der Waals surface area contributed by atoms with Gasteiger partial charge in [-0.2, -0.15) is 0 Å². The molecule has 0 radical (unpaired) electrons. The normalized spacial score (nSPS) is 23.2. The number of carbonyl (C=O) groups is 1. The Morgan fingerprint density at radius 3 is 2.74 bits per heavy atom. The number of benzene rings is 1. The smallest absolute Gasteiger partial charge is 0.254 e. The predicted molar refractivity (Wildman–Crippen MR) is 71.9 cm³/mol. The molecule has 0 bridgehead atoms. The van der Waals surface area contributed by atoms with Crippen molar-refractivity contribution in [2.24, 2.45) is 0 Å². The van der Waals surface area contributed by atoms with Gasteiger partial charge in [0.25, 0.3) is 5.91 Å². The molecule has 2 heterocycles. The van der Waals surface area contributed by atoms with Crippen molar-refractivity contribution in [1.29, 1.82) is 0 Å². The molecule has 2 atom stereocenters. The van der Waals surface area contributed by atoms with Crippen LogP contribution in [0.5, 0.6) is 0 Å². The van der Waals surface area contributed by atoms with Crippen LogP contribution in [-0.2, 0) is 0 Å². The zero-order chi connectivity index (χ0) is 13.6. The van der Waals surface area contributed by atoms with E-state index < -0.39 is 12.2 Å². The molecule has 1 amide bonds. The summed E-state index contributed by atoms with van der Waals surface area (Å²) in [4.78, 5) is 17.8. The highest BCUT2D eigenvalue weighted by molar-refractivity contribution is 7.22. The van der Waals surface area contributed by atoms with Crippen LogP contribution in [0.1, 0.15) is 10.4 Å². The molecule has 0 saturated carbocycles. The van der Waals surface area contributed by atoms with Crippen LogP contribution >= 0.6 is 11.3 Å². The van der Waals surface area contributed by atoms with Crippen molar-refractivity contribution < 1.29 is 15.0 Å². The van der Waals surface area contributed by atoms with E-state index in [0.29, 0.717) is 10.7 Å². The molecule has 1 saturated heterocycles. The number of likely N-dealkylation sites (tertiary alicyclic amines) is 1. The summed E-state index contributed by atoms with van der Waals surface area (Å²) < 4.78 is 0.851. The second-order valence-corrected chi connectivity index (χ2v) is 5.64. The van der Waals surface area contributed by atoms with Crippen molar-refractivity contribution >= 4 is 32.6 Å². The fourth-order valence-corrected chi connectivity index (χ4v) is 2.97. The lowest BCUT2D eigenvalue weighted by atomic mass is 10.2. The van der Waals surface area contributed by atoms with E-state index in [9.17, 15) is 15.0 Å². The summed E-state index contributed by atoms with van der Waals surface area (Å²) >= 11 is 1.32. The maximum atomic E-state index is 12.2. The van der Waals surface area contributed by atoms with Crippen LogP contribution in [0.3, 0.4) is 0 Å². The molecule has 7 heteroatoms. The highest BCUT2D eigenvalue weighted by Crippen LogP contribution is 2.25. The van der Waals surface area contributed by atoms with Gasteiger partial charge in [-0.25, -0.2) is 4.98 Å². The molecule has 19 heavy (non-hydrogen) atoms. The number of aliphatic hydroxyl groups excluding tert-OH is 2. The van der Waals surface area contributed by atoms with Gasteiger partial charge in [-0.15, -0.1) is 0 Å². The van der Waals surface area contributed by atoms with Crippen LogP contribution in [0.15, 0.2) is 18.2 Å². The summed E-state index contributed by atoms with van der Waals surface area (Å²) in [6.45, 7) is 0.311. The van der Waals surface area contributed by atoms with Crippen molar-refractivity contribution in [3.63, 3.8) is 0 Å². The fraction of sp³-hybridized carbons (Fsp3) is 0.333. The van der Waals surface area contributed by atoms with Crippen LogP contribution in [0.2, 0.25) is 0 Å². The molecule has 4 N–H and O–H groups in total. The van der Waals surface area contributed by atoms with Gasteiger partial charge >= 0.3 is 0 Å². The minimum Gasteiger partial charge on any atom is -0.388 e. The van der Waals surface area contributed by atoms with E-state index in [1.54, 1.807) is 18.2 Å². The number of anilines is 1. The van der Waals surface area contributed by atoms with E-state index in [1.165, 1.54) is 16.2 Å². The van der Waals surface area contributed by atoms with Crippen LogP contribution in [0, 0.1) is 0 Å². The van der Waals surface area contributed by atoms with E-state index >= 15 is 0 Å². The average Bonchev–Trinajstić information content (AvgIpc) is 2.90. The van der Waals surface area contributed by atoms with Crippen molar-refractivity contribution in [2.75, 3.05) is 18.8 Å². The van der Waals surface area contributed by atoms with Crippen molar-refractivity contribution in [3.05, 3.63) is 23.8 Å². The Balaban J connectivity index is 1.89. The average molecular weight is 279 g/mol. The largest absolute Gasteiger partial charge is 0.388 e. The molecular weight excluding hydrogens is 266 g/mol. The lowest BCUT2D eigenvalue weighted by molar-refractivity contribution is 0.0572. The molecule has 6 nitrogen and oxygen atoms in total. The van der Waals surface area contributed by atoms with Gasteiger partial charge in [0, 0.05) is 18.7 Å². The summed E-state index contributed by atoms with van der Waals surface area (Å²) in [6, 6.07) is 5.17. The topological polar surface area (TPSA) is 99.7 Å². The molecule has 2 aromatic rings. The molecule has 3 rings (SSSR count). The summed E-state index contributed by atoms with van der Waals surface area (Å²) in [6.07, 6.45) is -1.74. The van der Waals surface area contributed by atoms with Crippen LogP contribution in [0.25, 0.3) is 10.2 Å². The Morgan fingerprint density at radius 2 is 2.05 bits per heavy atom. The first-order chi connectivity index (χ1) is 9.04. The zero-order valence-electron chi connectivity index (χ0n) is 9.98. The standard InChI is InChI=1S/C12H13N3O3S/c13-12-14-7-2-1-6(3-10(7)19-12)11(18)15-4-8(16)9(17)5-15/h1-3,8-9,16-17H,4-5H2,(H2,13,14)/t8-,9+. The number of nitrogens with zero attached hydrogens (tertiary/aromatic N) is 2. The Hall–Kier alpha value is -1.70. The molecule has 0 unspecified atom stereocenters. The highest BCUT2D eigenvalue weighted by atomic mass is 32.1. The first kappa shape index (κ1) is 12.3. The molecule has 0 aliphatic carbocycles. The maximum Gasteiger partial charge on any atom is 0.254 e. The SMILES string of the molecule is Nc1nc2ccc(C(=O)N3C[C@@H](O)[C@@H](O)C3)cc2s1. The van der Waals surface area contributed by atoms with E-state index in [0.717, 1.165) is 10.2 Å². The number of thiazole rings is 1. The minimum absolute atomic E-state index is 0.156. The first-order valence-electron chi connectivity index (χ1n) is 5.86. The first-order valence-corrected chi connectivity index (χ1v) is 6.68. The molecule has 1 aliphatic rings. The summed E-state index contributed by atoms with van der Waals surface area (Å²) in [5.74, 6) is -0.204. The van der Waals surface area contributed by atoms with Gasteiger partial charge in [-0.1, -0.05) is 11.3 Å². The lowest BCUT2D eigenvalue weighted by Gasteiger charge is -2.15. The van der Waals surface area contributed by atoms with Gasteiger partial charge in [0.05, 0.1) is 22.4 Å². The molecule has 0 spiro atoms. The van der Waals surface area contributed by atoms with E-state index in [1.807, 2.05) is 0 Å². The molecule has 100 valence electrons. The molecule has 1 aliphatic heterocycles. The monoisotopic (exact) mass is 279 g/mol. The Kier molecular flexibility index (Phi) is 2.89. The van der Waals surface area contributed by atoms with Crippen LogP contribution in [-0.4, -0.2) is 51.3 Å². The zero-order valence-corrected chi connectivity index (χ0v) is 10.8. The van der Waals surface area contributed by atoms with Gasteiger partial charge in [-0.3, -0.25) is 4.79 Å². The second kappa shape index (κ2) is 4.44. The highest BCUT2D eigenvalue weighted by Gasteiger charge is 2.32. The Labute approximate surface area is 113 Å². The number of β-amino-alcohol motifs (C(OH)–C–C–N with tert-alkyl or cyclic N) is 2. The molecule has 1 fully saturated rings. The van der Waals surface area contributed by atoms with Crippen molar-refractivity contribution in [3.8, 4) is 0 Å². The lowest BCUT2D eigenvalue weighted by Crippen LogP contribution is -2.29. The van der Waals surface area contributed by atoms with E-state index in [-0.39, 0.29) is 19.0 Å². The Morgan fingerprint density at radius 1 is 1.37 bits per heavy atom. The number of carbonyl (C=O) groups excluding carboxylic acids is 1. The summed E-state index contributed by atoms with van der Waals surface area (Å²) in [7, 11) is 0. The van der Waals surface area contributed by atoms with Gasteiger partial charge in [0.1, 0.15) is 0 Å². The summed E-state index contributed by atoms with van der Waals surface area (Å²) in [5, 5.41) is 19.4. The number of aliphatic hydroxyl groups is 2. The second-order valence-electron chi connectivity index (χ2n) is 4.58. The van der Waals surface area contributed by atoms with Gasteiger partial charge in [0.15, 0.2) is 5.13 Å². The van der Waals surface area contributed by atoms with Crippen molar-refractivity contribution in [2.45, 2.75) is 12.2 Å². The predicted octanol–water partition coefficient (Wildman–Crippen LogP) is 0.0561. The van der Waals surface area contributed by atoms with E-state index in [2.05, 4.69) is 4.98 Å². The number of nitrogen functional groups attached to an aromatic ring is 1. The third kappa shape index (κ3) is 2.16. The number of aromatic nitrogens is 1. The number of hydrogen-bond donors (Lipinski definition) is 3. The number of rotatable bonds is 1. The molecule has 1 aromatic heterocycles. The number of amides is 1. The number of fused-ring (bicyclic) bond motifs is 1. The quantitative estimate of drug-likeness (QED) is 0.685. The van der Waals surface area contributed by atoms with E-state index in [4.69, 9.17) is 5.73 Å². The fourth-order valence-electron chi connectivity index (χ4n) is 2.19. The van der Waals surface area contributed by atoms with Crippen LogP contribution < -0.4 is 5.73 Å². The summed E-state index contributed by atoms with van der Waals surface area (Å²) in [5.41, 5.74) is 6.90. The minimum atomic E-state index is -0.869. The number of hydrogen-bond acceptors (Lipinski definition) is 6. The van der Waals surface area contributed by atoms with Gasteiger partial charge < -0.3 is 20.8 Å². The van der Waals surface area contributed by atoms with Crippen LogP contribution in [0.4, 0.5) is 5.13 Å². The van der Waals surface area contributed by atoms with Crippen molar-refractivity contribution in [1.82, 2.24) is 9.88 Å². The molecule has 1 aromatic carbocycles. The third-order valence-corrected chi connectivity index (χ3v) is 4.05. The third-order valence-electron chi connectivity index (χ3n) is 3.20. The number of nitrogens with two attached hydrogens (primary N) is 1. The molecular formula is C12H13N3O3S. The van der Waals surface area contributed by atoms with Gasteiger partial charge in [-0.05, 0) is 18.2 Å². The maximum absolute atomic E-state index is 12.2. The van der Waals surface area contributed by atoms with Gasteiger partial charge in [0.2, 0.25) is 0 Å².